The number of anilines is 1. The Kier molecular flexibility index (Phi) is 6.80. The molecular formula is C24H27F3N2O4S. The molecule has 10 heteroatoms. The maximum absolute atomic E-state index is 13.6. The Bertz CT molecular complexity index is 1160. The molecule has 0 aromatic heterocycles. The van der Waals surface area contributed by atoms with Crippen molar-refractivity contribution in [3.05, 3.63) is 53.6 Å². The Labute approximate surface area is 196 Å². The topological polar surface area (TPSA) is 89.7 Å². The Morgan fingerprint density at radius 1 is 1.09 bits per heavy atom. The van der Waals surface area contributed by atoms with E-state index >= 15 is 0 Å². The van der Waals surface area contributed by atoms with Gasteiger partial charge in [-0.25, -0.2) is 8.42 Å². The number of alkyl halides is 3. The van der Waals surface area contributed by atoms with Gasteiger partial charge < -0.3 is 10.5 Å². The van der Waals surface area contributed by atoms with Crippen LogP contribution < -0.4 is 14.8 Å². The van der Waals surface area contributed by atoms with Crippen LogP contribution in [0.3, 0.4) is 0 Å². The lowest BCUT2D eigenvalue weighted by molar-refractivity contribution is -0.137. The summed E-state index contributed by atoms with van der Waals surface area (Å²) in [6.07, 6.45) is 0.211. The van der Waals surface area contributed by atoms with Crippen molar-refractivity contribution in [2.75, 3.05) is 10.8 Å². The Balaban J connectivity index is 1.75. The minimum Gasteiger partial charge on any atom is -0.486 e. The van der Waals surface area contributed by atoms with Gasteiger partial charge >= 0.3 is 6.18 Å². The van der Waals surface area contributed by atoms with Crippen molar-refractivity contribution in [3.8, 4) is 5.75 Å². The molecule has 1 fully saturated rings. The molecule has 0 saturated heterocycles. The first kappa shape index (κ1) is 24.4. The normalized spacial score (nSPS) is 19.4. The molecule has 0 bridgehead atoms. The molecule has 4 rings (SSSR count). The van der Waals surface area contributed by atoms with Crippen LogP contribution >= 0.6 is 0 Å². The fourth-order valence-electron chi connectivity index (χ4n) is 4.66. The number of benzene rings is 2. The summed E-state index contributed by atoms with van der Waals surface area (Å²) in [4.78, 5) is 10.8. The number of carbonyl (C=O) groups excluding carboxylic acids is 1. The maximum atomic E-state index is 13.6. The molecule has 2 aromatic rings. The van der Waals surface area contributed by atoms with Crippen LogP contribution in [0.25, 0.3) is 0 Å². The second-order valence-electron chi connectivity index (χ2n) is 8.87. The van der Waals surface area contributed by atoms with Crippen molar-refractivity contribution in [1.82, 2.24) is 0 Å². The number of halogens is 3. The number of rotatable bonds is 6. The van der Waals surface area contributed by atoms with Gasteiger partial charge in [0.25, 0.3) is 10.0 Å². The average molecular weight is 497 g/mol. The predicted molar refractivity (Wildman–Crippen MR) is 121 cm³/mol. The third-order valence-electron chi connectivity index (χ3n) is 6.45. The minimum absolute atomic E-state index is 0.00238. The van der Waals surface area contributed by atoms with Crippen LogP contribution in [0.2, 0.25) is 0 Å². The fourth-order valence-corrected chi connectivity index (χ4v) is 6.21. The van der Waals surface area contributed by atoms with Gasteiger partial charge in [-0.2, -0.15) is 13.2 Å². The third kappa shape index (κ3) is 5.16. The lowest BCUT2D eigenvalue weighted by Crippen LogP contribution is -2.44. The number of primary amides is 1. The molecular weight excluding hydrogens is 469 g/mol. The largest absolute Gasteiger partial charge is 0.486 e. The van der Waals surface area contributed by atoms with Crippen molar-refractivity contribution in [2.24, 2.45) is 5.73 Å². The molecule has 34 heavy (non-hydrogen) atoms. The summed E-state index contributed by atoms with van der Waals surface area (Å²) < 4.78 is 74.1. The van der Waals surface area contributed by atoms with Gasteiger partial charge in [-0.3, -0.25) is 9.10 Å². The van der Waals surface area contributed by atoms with E-state index in [1.807, 2.05) is 6.07 Å². The summed E-state index contributed by atoms with van der Waals surface area (Å²) >= 11 is 0. The first-order valence-electron chi connectivity index (χ1n) is 11.3. The molecule has 2 N–H and O–H groups in total. The predicted octanol–water partition coefficient (Wildman–Crippen LogP) is 4.97. The first-order valence-corrected chi connectivity index (χ1v) is 12.8. The fraction of sp³-hybridized carbons (Fsp3) is 0.458. The van der Waals surface area contributed by atoms with Crippen LogP contribution in [-0.2, 0) is 21.0 Å². The first-order chi connectivity index (χ1) is 16.1. The molecule has 1 atom stereocenters. The second-order valence-corrected chi connectivity index (χ2v) is 10.7. The summed E-state index contributed by atoms with van der Waals surface area (Å²) in [7, 11) is -4.34. The highest BCUT2D eigenvalue weighted by Gasteiger charge is 2.37. The van der Waals surface area contributed by atoms with Gasteiger partial charge in [0.2, 0.25) is 5.91 Å². The monoisotopic (exact) mass is 496 g/mol. The van der Waals surface area contributed by atoms with E-state index in [1.165, 1.54) is 6.42 Å². The number of nitrogens with two attached hydrogens (primary N) is 1. The lowest BCUT2D eigenvalue weighted by atomic mass is 9.84. The van der Waals surface area contributed by atoms with Crippen LogP contribution in [0.1, 0.15) is 62.0 Å². The molecule has 1 aliphatic carbocycles. The number of ether oxygens (including phenoxy) is 1. The van der Waals surface area contributed by atoms with Gasteiger partial charge in [0, 0.05) is 6.42 Å². The number of fused-ring (bicyclic) bond motifs is 1. The number of sulfonamides is 1. The van der Waals surface area contributed by atoms with Crippen LogP contribution in [-0.4, -0.2) is 27.0 Å². The zero-order valence-corrected chi connectivity index (χ0v) is 19.4. The molecule has 0 radical (unpaired) electrons. The van der Waals surface area contributed by atoms with Crippen LogP contribution in [0.5, 0.6) is 5.75 Å². The molecule has 1 saturated carbocycles. The van der Waals surface area contributed by atoms with Gasteiger partial charge in [0.05, 0.1) is 22.7 Å². The van der Waals surface area contributed by atoms with E-state index in [-0.39, 0.29) is 19.4 Å². The minimum atomic E-state index is -4.67. The quantitative estimate of drug-likeness (QED) is 0.611. The Morgan fingerprint density at radius 3 is 2.50 bits per heavy atom. The molecule has 2 aromatic carbocycles. The van der Waals surface area contributed by atoms with Crippen LogP contribution in [0, 0.1) is 0 Å². The Morgan fingerprint density at radius 2 is 1.82 bits per heavy atom. The van der Waals surface area contributed by atoms with Gasteiger partial charge in [0.1, 0.15) is 11.9 Å². The zero-order valence-electron chi connectivity index (χ0n) is 18.6. The highest BCUT2D eigenvalue weighted by molar-refractivity contribution is 7.92. The number of hydrogen-bond acceptors (Lipinski definition) is 4. The van der Waals surface area contributed by atoms with Gasteiger partial charge in [-0.15, -0.1) is 0 Å². The highest BCUT2D eigenvalue weighted by atomic mass is 32.2. The van der Waals surface area contributed by atoms with Crippen LogP contribution in [0.15, 0.2) is 47.4 Å². The van der Waals surface area contributed by atoms with Crippen molar-refractivity contribution in [2.45, 2.75) is 68.0 Å². The van der Waals surface area contributed by atoms with E-state index in [9.17, 15) is 26.4 Å². The smallest absolute Gasteiger partial charge is 0.416 e. The lowest BCUT2D eigenvalue weighted by Gasteiger charge is -2.36. The second kappa shape index (κ2) is 9.48. The van der Waals surface area contributed by atoms with Crippen molar-refractivity contribution in [3.63, 3.8) is 0 Å². The molecule has 2 aliphatic rings. The number of carbonyl (C=O) groups is 1. The van der Waals surface area contributed by atoms with E-state index in [4.69, 9.17) is 10.5 Å². The molecule has 0 spiro atoms. The molecule has 6 nitrogen and oxygen atoms in total. The van der Waals surface area contributed by atoms with E-state index < -0.39 is 38.7 Å². The van der Waals surface area contributed by atoms with Crippen molar-refractivity contribution >= 4 is 21.6 Å². The van der Waals surface area contributed by atoms with E-state index in [0.29, 0.717) is 23.4 Å². The third-order valence-corrected chi connectivity index (χ3v) is 8.23. The van der Waals surface area contributed by atoms with E-state index in [0.717, 1.165) is 53.8 Å². The summed E-state index contributed by atoms with van der Waals surface area (Å²) in [5, 5.41) is 0. The van der Waals surface area contributed by atoms with Gasteiger partial charge in [-0.05, 0) is 61.1 Å². The van der Waals surface area contributed by atoms with E-state index in [1.54, 1.807) is 12.1 Å². The number of hydrogen-bond donors (Lipinski definition) is 1. The Hall–Kier alpha value is -2.75. The highest BCUT2D eigenvalue weighted by Crippen LogP contribution is 2.42. The molecule has 0 unspecified atom stereocenters. The average Bonchev–Trinajstić information content (AvgIpc) is 2.82. The number of nitrogens with zero attached hydrogens (tertiary/aromatic N) is 1. The van der Waals surface area contributed by atoms with E-state index in [2.05, 4.69) is 0 Å². The SMILES string of the molecule is NC(=O)CC[C@H]1CN(S(=O)(=O)c2cccc(C(F)(F)F)c2)c2cc(C3CCCCC3)ccc2O1. The standard InChI is InChI=1S/C24H27F3N2O4S/c25-24(26,27)18-7-4-8-20(14-18)34(31,32)29-15-19(10-12-23(28)30)33-22-11-9-17(13-21(22)29)16-5-2-1-3-6-16/h4,7-9,11,13-14,16,19H,1-3,5-6,10,12,15H2,(H2,28,30)/t19-/m0/s1. The van der Waals surface area contributed by atoms with Gasteiger partial charge in [0.15, 0.2) is 0 Å². The summed E-state index contributed by atoms with van der Waals surface area (Å²) in [5.74, 6) is 0.0647. The van der Waals surface area contributed by atoms with Crippen LogP contribution in [0.4, 0.5) is 18.9 Å². The molecule has 1 heterocycles. The number of amides is 1. The molecule has 184 valence electrons. The van der Waals surface area contributed by atoms with Crippen molar-refractivity contribution in [1.29, 1.82) is 0 Å². The zero-order chi connectivity index (χ0) is 24.5. The summed E-state index contributed by atoms with van der Waals surface area (Å²) in [6, 6.07) is 9.13. The van der Waals surface area contributed by atoms with Gasteiger partial charge in [-0.1, -0.05) is 31.4 Å². The molecule has 1 amide bonds. The van der Waals surface area contributed by atoms with Crippen molar-refractivity contribution < 1.29 is 31.1 Å². The molecule has 1 aliphatic heterocycles. The summed E-state index contributed by atoms with van der Waals surface area (Å²) in [5.41, 5.74) is 5.49. The summed E-state index contributed by atoms with van der Waals surface area (Å²) in [6.45, 7) is -0.132. The maximum Gasteiger partial charge on any atom is 0.416 e.